The van der Waals surface area contributed by atoms with Crippen molar-refractivity contribution in [3.63, 3.8) is 0 Å². The monoisotopic (exact) mass is 277 g/mol. The van der Waals surface area contributed by atoms with E-state index < -0.39 is 0 Å². The van der Waals surface area contributed by atoms with E-state index in [4.69, 9.17) is 4.74 Å². The predicted molar refractivity (Wildman–Crippen MR) is 77.7 cm³/mol. The van der Waals surface area contributed by atoms with E-state index in [0.29, 0.717) is 13.2 Å². The van der Waals surface area contributed by atoms with Crippen molar-refractivity contribution in [3.8, 4) is 0 Å². The van der Waals surface area contributed by atoms with Gasteiger partial charge < -0.3 is 9.64 Å². The summed E-state index contributed by atoms with van der Waals surface area (Å²) < 4.78 is 5.14. The molecule has 0 radical (unpaired) electrons. The molecule has 1 fully saturated rings. The Morgan fingerprint density at radius 1 is 1.45 bits per heavy atom. The maximum Gasteiger partial charge on any atom is 0.310 e. The number of nitrogens with zero attached hydrogens (tertiary/aromatic N) is 3. The first-order valence-corrected chi connectivity index (χ1v) is 7.40. The van der Waals surface area contributed by atoms with E-state index in [-0.39, 0.29) is 11.9 Å². The molecule has 0 amide bonds. The molecule has 110 valence electrons. The molecular weight excluding hydrogens is 254 g/mol. The molecule has 20 heavy (non-hydrogen) atoms. The SMILES string of the molecule is CCOC(=O)[C@@H]1CCCN(c2cc(CC)nc(C)n2)C1. The van der Waals surface area contributed by atoms with Crippen LogP contribution in [0.5, 0.6) is 0 Å². The van der Waals surface area contributed by atoms with Gasteiger partial charge in [-0.15, -0.1) is 0 Å². The molecular formula is C15H23N3O2. The number of esters is 1. The van der Waals surface area contributed by atoms with E-state index in [1.807, 2.05) is 19.9 Å². The number of hydrogen-bond acceptors (Lipinski definition) is 5. The molecule has 1 aliphatic rings. The zero-order chi connectivity index (χ0) is 14.5. The van der Waals surface area contributed by atoms with Crippen molar-refractivity contribution in [1.29, 1.82) is 0 Å². The van der Waals surface area contributed by atoms with Crippen LogP contribution in [0.15, 0.2) is 6.07 Å². The maximum absolute atomic E-state index is 11.9. The number of carbonyl (C=O) groups excluding carboxylic acids is 1. The topological polar surface area (TPSA) is 55.3 Å². The van der Waals surface area contributed by atoms with Crippen LogP contribution >= 0.6 is 0 Å². The van der Waals surface area contributed by atoms with Gasteiger partial charge in [-0.1, -0.05) is 6.92 Å². The van der Waals surface area contributed by atoms with Crippen LogP contribution in [-0.2, 0) is 16.0 Å². The molecule has 0 N–H and O–H groups in total. The molecule has 1 atom stereocenters. The van der Waals surface area contributed by atoms with Gasteiger partial charge in [0.1, 0.15) is 11.6 Å². The third-order valence-electron chi connectivity index (χ3n) is 3.61. The van der Waals surface area contributed by atoms with Gasteiger partial charge >= 0.3 is 5.97 Å². The minimum atomic E-state index is -0.0845. The Kier molecular flexibility index (Phi) is 4.93. The molecule has 1 aromatic heterocycles. The first kappa shape index (κ1) is 14.8. The second-order valence-corrected chi connectivity index (χ2v) is 5.16. The van der Waals surface area contributed by atoms with Crippen LogP contribution in [0, 0.1) is 12.8 Å². The zero-order valence-corrected chi connectivity index (χ0v) is 12.6. The predicted octanol–water partition coefficient (Wildman–Crippen LogP) is 2.13. The average molecular weight is 277 g/mol. The van der Waals surface area contributed by atoms with Crippen molar-refractivity contribution in [2.45, 2.75) is 40.0 Å². The number of rotatable bonds is 4. The fraction of sp³-hybridized carbons (Fsp3) is 0.667. The molecule has 2 heterocycles. The molecule has 1 aliphatic heterocycles. The third kappa shape index (κ3) is 3.46. The largest absolute Gasteiger partial charge is 0.466 e. The van der Waals surface area contributed by atoms with Crippen LogP contribution in [0.3, 0.4) is 0 Å². The molecule has 0 unspecified atom stereocenters. The van der Waals surface area contributed by atoms with Crippen molar-refractivity contribution in [2.75, 3.05) is 24.6 Å². The summed E-state index contributed by atoms with van der Waals surface area (Å²) in [5.74, 6) is 1.60. The summed E-state index contributed by atoms with van der Waals surface area (Å²) in [5.41, 5.74) is 1.05. The fourth-order valence-corrected chi connectivity index (χ4v) is 2.59. The Labute approximate surface area is 120 Å². The van der Waals surface area contributed by atoms with Crippen molar-refractivity contribution in [3.05, 3.63) is 17.6 Å². The Hall–Kier alpha value is -1.65. The molecule has 1 saturated heterocycles. The maximum atomic E-state index is 11.9. The molecule has 0 aliphatic carbocycles. The van der Waals surface area contributed by atoms with Crippen LogP contribution in [0.1, 0.15) is 38.2 Å². The number of hydrogen-bond donors (Lipinski definition) is 0. The lowest BCUT2D eigenvalue weighted by atomic mass is 9.98. The molecule has 5 heteroatoms. The smallest absolute Gasteiger partial charge is 0.310 e. The Balaban J connectivity index is 2.12. The van der Waals surface area contributed by atoms with Gasteiger partial charge in [-0.05, 0) is 33.1 Å². The third-order valence-corrected chi connectivity index (χ3v) is 3.61. The van der Waals surface area contributed by atoms with Crippen LogP contribution in [0.2, 0.25) is 0 Å². The summed E-state index contributed by atoms with van der Waals surface area (Å²) in [7, 11) is 0. The van der Waals surface area contributed by atoms with E-state index in [1.165, 1.54) is 0 Å². The Morgan fingerprint density at radius 2 is 2.25 bits per heavy atom. The highest BCUT2D eigenvalue weighted by atomic mass is 16.5. The van der Waals surface area contributed by atoms with Crippen LogP contribution < -0.4 is 4.90 Å². The Morgan fingerprint density at radius 3 is 2.95 bits per heavy atom. The van der Waals surface area contributed by atoms with Crippen molar-refractivity contribution in [1.82, 2.24) is 9.97 Å². The van der Waals surface area contributed by atoms with Crippen LogP contribution in [0.25, 0.3) is 0 Å². The number of anilines is 1. The minimum absolute atomic E-state index is 0.0379. The van der Waals surface area contributed by atoms with Gasteiger partial charge in [0.05, 0.1) is 12.5 Å². The van der Waals surface area contributed by atoms with Crippen molar-refractivity contribution in [2.24, 2.45) is 5.92 Å². The summed E-state index contributed by atoms with van der Waals surface area (Å²) in [4.78, 5) is 23.0. The van der Waals surface area contributed by atoms with E-state index in [0.717, 1.165) is 43.1 Å². The number of carbonyl (C=O) groups is 1. The average Bonchev–Trinajstić information content (AvgIpc) is 2.47. The van der Waals surface area contributed by atoms with E-state index >= 15 is 0 Å². The van der Waals surface area contributed by atoms with Gasteiger partial charge in [0.25, 0.3) is 0 Å². The van der Waals surface area contributed by atoms with Gasteiger partial charge in [0, 0.05) is 24.8 Å². The minimum Gasteiger partial charge on any atom is -0.466 e. The second-order valence-electron chi connectivity index (χ2n) is 5.16. The van der Waals surface area contributed by atoms with E-state index in [2.05, 4.69) is 21.8 Å². The van der Waals surface area contributed by atoms with Gasteiger partial charge in [-0.25, -0.2) is 9.97 Å². The highest BCUT2D eigenvalue weighted by Crippen LogP contribution is 2.23. The molecule has 0 spiro atoms. The summed E-state index contributed by atoms with van der Waals surface area (Å²) in [6.45, 7) is 7.92. The molecule has 0 aromatic carbocycles. The molecule has 1 aromatic rings. The lowest BCUT2D eigenvalue weighted by Gasteiger charge is -2.32. The standard InChI is InChI=1S/C15H23N3O2/c1-4-13-9-14(17-11(3)16-13)18-8-6-7-12(10-18)15(19)20-5-2/h9,12H,4-8,10H2,1-3H3/t12-/m1/s1. The number of ether oxygens (including phenoxy) is 1. The van der Waals surface area contributed by atoms with Crippen molar-refractivity contribution < 1.29 is 9.53 Å². The highest BCUT2D eigenvalue weighted by Gasteiger charge is 2.27. The summed E-state index contributed by atoms with van der Waals surface area (Å²) in [6.07, 6.45) is 2.79. The summed E-state index contributed by atoms with van der Waals surface area (Å²) in [6, 6.07) is 2.03. The number of aromatic nitrogens is 2. The van der Waals surface area contributed by atoms with E-state index in [1.54, 1.807) is 0 Å². The van der Waals surface area contributed by atoms with Gasteiger partial charge in [0.2, 0.25) is 0 Å². The first-order valence-electron chi connectivity index (χ1n) is 7.40. The fourth-order valence-electron chi connectivity index (χ4n) is 2.59. The van der Waals surface area contributed by atoms with Crippen molar-refractivity contribution >= 4 is 11.8 Å². The lowest BCUT2D eigenvalue weighted by Crippen LogP contribution is -2.40. The lowest BCUT2D eigenvalue weighted by molar-refractivity contribution is -0.148. The summed E-state index contributed by atoms with van der Waals surface area (Å²) in [5, 5.41) is 0. The van der Waals surface area contributed by atoms with Crippen LogP contribution in [0.4, 0.5) is 5.82 Å². The normalized spacial score (nSPS) is 18.9. The van der Waals surface area contributed by atoms with Gasteiger partial charge in [-0.3, -0.25) is 4.79 Å². The second kappa shape index (κ2) is 6.68. The first-order chi connectivity index (χ1) is 9.63. The molecule has 0 saturated carbocycles. The molecule has 5 nitrogen and oxygen atoms in total. The zero-order valence-electron chi connectivity index (χ0n) is 12.6. The molecule has 2 rings (SSSR count). The molecule has 0 bridgehead atoms. The van der Waals surface area contributed by atoms with Gasteiger partial charge in [-0.2, -0.15) is 0 Å². The summed E-state index contributed by atoms with van der Waals surface area (Å²) >= 11 is 0. The number of aryl methyl sites for hydroxylation is 2. The number of piperidine rings is 1. The highest BCUT2D eigenvalue weighted by molar-refractivity contribution is 5.73. The van der Waals surface area contributed by atoms with E-state index in [9.17, 15) is 4.79 Å². The van der Waals surface area contributed by atoms with Gasteiger partial charge in [0.15, 0.2) is 0 Å². The Bertz CT molecular complexity index is 476. The van der Waals surface area contributed by atoms with Crippen LogP contribution in [-0.4, -0.2) is 35.6 Å². The quantitative estimate of drug-likeness (QED) is 0.789.